The molecule has 26 heavy (non-hydrogen) atoms. The Kier molecular flexibility index (Phi) is 4.63. The molecule has 2 aromatic heterocycles. The van der Waals surface area contributed by atoms with Gasteiger partial charge in [0.15, 0.2) is 6.39 Å². The number of oxazole rings is 1. The molecule has 0 saturated carbocycles. The second-order valence-corrected chi connectivity index (χ2v) is 7.15. The summed E-state index contributed by atoms with van der Waals surface area (Å²) in [6.07, 6.45) is 7.22. The van der Waals surface area contributed by atoms with Crippen LogP contribution in [0.4, 0.5) is 5.82 Å². The Morgan fingerprint density at radius 2 is 2.31 bits per heavy atom. The van der Waals surface area contributed by atoms with E-state index in [0.29, 0.717) is 24.5 Å². The quantitative estimate of drug-likeness (QED) is 0.907. The number of aryl methyl sites for hydroxylation is 1. The molecule has 7 nitrogen and oxygen atoms in total. The molecule has 1 N–H and O–H groups in total. The number of nitrogens with one attached hydrogen (secondary N) is 1. The van der Waals surface area contributed by atoms with E-state index >= 15 is 0 Å². The number of likely N-dealkylation sites (tertiary alicyclic amines) is 1. The van der Waals surface area contributed by atoms with Gasteiger partial charge in [-0.2, -0.15) is 0 Å². The van der Waals surface area contributed by atoms with Crippen molar-refractivity contribution in [3.05, 3.63) is 42.2 Å². The van der Waals surface area contributed by atoms with Crippen LogP contribution in [-0.2, 0) is 4.74 Å². The molecule has 1 amide bonds. The number of anilines is 1. The average molecular weight is 356 g/mol. The monoisotopic (exact) mass is 356 g/mol. The first kappa shape index (κ1) is 17.0. The zero-order valence-corrected chi connectivity index (χ0v) is 15.0. The summed E-state index contributed by atoms with van der Waals surface area (Å²) >= 11 is 0. The van der Waals surface area contributed by atoms with E-state index in [1.165, 1.54) is 6.39 Å². The van der Waals surface area contributed by atoms with Crippen molar-refractivity contribution in [3.63, 3.8) is 0 Å². The lowest BCUT2D eigenvalue weighted by atomic mass is 9.90. The highest BCUT2D eigenvalue weighted by atomic mass is 16.5. The molecule has 0 bridgehead atoms. The molecule has 7 heteroatoms. The first-order valence-corrected chi connectivity index (χ1v) is 9.17. The van der Waals surface area contributed by atoms with Gasteiger partial charge >= 0.3 is 0 Å². The maximum Gasteiger partial charge on any atom is 0.291 e. The van der Waals surface area contributed by atoms with E-state index in [2.05, 4.69) is 15.3 Å². The van der Waals surface area contributed by atoms with Crippen LogP contribution >= 0.6 is 0 Å². The summed E-state index contributed by atoms with van der Waals surface area (Å²) in [5.41, 5.74) is 0.399. The Morgan fingerprint density at radius 3 is 3.08 bits per heavy atom. The van der Waals surface area contributed by atoms with Crippen LogP contribution in [-0.4, -0.2) is 52.1 Å². The standard InChI is InChI=1S/C19H24N4O3/c1-14-17(25-13-22-14)18(24)23-10-8-19(12-23)7-4-5-15(26-19)11-21-16-6-2-3-9-20-16/h2-3,6,9,13,15H,4-5,7-8,10-12H2,1H3,(H,20,21)/t15-,19+/m0/s1. The van der Waals surface area contributed by atoms with Gasteiger partial charge in [-0.1, -0.05) is 6.07 Å². The SMILES string of the molecule is Cc1ncoc1C(=O)N1CC[C@]2(CCC[C@@H](CNc3ccccn3)O2)C1. The van der Waals surface area contributed by atoms with Crippen LogP contribution < -0.4 is 5.32 Å². The van der Waals surface area contributed by atoms with Gasteiger partial charge in [0.2, 0.25) is 5.76 Å². The second-order valence-electron chi connectivity index (χ2n) is 7.15. The maximum atomic E-state index is 12.7. The molecule has 2 atom stereocenters. The number of rotatable bonds is 4. The lowest BCUT2D eigenvalue weighted by Crippen LogP contribution is -2.45. The number of hydrogen-bond acceptors (Lipinski definition) is 6. The largest absolute Gasteiger partial charge is 0.438 e. The van der Waals surface area contributed by atoms with Gasteiger partial charge in [0, 0.05) is 19.3 Å². The first-order chi connectivity index (χ1) is 12.7. The Bertz CT molecular complexity index is 763. The fraction of sp³-hybridized carbons (Fsp3) is 0.526. The van der Waals surface area contributed by atoms with Gasteiger partial charge in [-0.15, -0.1) is 0 Å². The maximum absolute atomic E-state index is 12.7. The first-order valence-electron chi connectivity index (χ1n) is 9.17. The van der Waals surface area contributed by atoms with Gasteiger partial charge in [0.05, 0.1) is 23.9 Å². The van der Waals surface area contributed by atoms with Crippen molar-refractivity contribution in [2.24, 2.45) is 0 Å². The minimum atomic E-state index is -0.238. The molecule has 2 aliphatic rings. The van der Waals surface area contributed by atoms with Crippen LogP contribution in [0.1, 0.15) is 41.9 Å². The van der Waals surface area contributed by atoms with E-state index < -0.39 is 0 Å². The van der Waals surface area contributed by atoms with Crippen LogP contribution in [0.15, 0.2) is 35.2 Å². The van der Waals surface area contributed by atoms with Gasteiger partial charge in [0.1, 0.15) is 5.82 Å². The molecule has 138 valence electrons. The second kappa shape index (κ2) is 7.07. The van der Waals surface area contributed by atoms with Crippen molar-refractivity contribution < 1.29 is 13.9 Å². The summed E-state index contributed by atoms with van der Waals surface area (Å²) in [5.74, 6) is 1.11. The van der Waals surface area contributed by atoms with Crippen LogP contribution in [0, 0.1) is 6.92 Å². The lowest BCUT2D eigenvalue weighted by Gasteiger charge is -2.38. The predicted molar refractivity (Wildman–Crippen MR) is 95.9 cm³/mol. The van der Waals surface area contributed by atoms with Crippen molar-refractivity contribution in [1.29, 1.82) is 0 Å². The molecule has 2 fully saturated rings. The van der Waals surface area contributed by atoms with Crippen molar-refractivity contribution in [3.8, 4) is 0 Å². The van der Waals surface area contributed by atoms with Crippen LogP contribution in [0.5, 0.6) is 0 Å². The summed E-state index contributed by atoms with van der Waals surface area (Å²) in [4.78, 5) is 22.8. The number of carbonyl (C=O) groups excluding carboxylic acids is 1. The van der Waals surface area contributed by atoms with Gasteiger partial charge in [0.25, 0.3) is 5.91 Å². The van der Waals surface area contributed by atoms with Crippen molar-refractivity contribution in [2.45, 2.75) is 44.3 Å². The number of nitrogens with zero attached hydrogens (tertiary/aromatic N) is 3. The highest BCUT2D eigenvalue weighted by molar-refractivity contribution is 5.92. The molecule has 2 aromatic rings. The highest BCUT2D eigenvalue weighted by Gasteiger charge is 2.45. The third-order valence-corrected chi connectivity index (χ3v) is 5.29. The molecule has 2 aliphatic heterocycles. The molecule has 4 heterocycles. The topological polar surface area (TPSA) is 80.5 Å². The normalized spacial score (nSPS) is 25.6. The van der Waals surface area contributed by atoms with Crippen molar-refractivity contribution >= 4 is 11.7 Å². The zero-order chi connectivity index (χ0) is 18.0. The number of pyridine rings is 1. The molecule has 0 radical (unpaired) electrons. The van der Waals surface area contributed by atoms with E-state index in [-0.39, 0.29) is 17.6 Å². The lowest BCUT2D eigenvalue weighted by molar-refractivity contribution is -0.114. The molecule has 0 aromatic carbocycles. The van der Waals surface area contributed by atoms with Gasteiger partial charge in [-0.3, -0.25) is 4.79 Å². The van der Waals surface area contributed by atoms with Gasteiger partial charge < -0.3 is 19.4 Å². The summed E-state index contributed by atoms with van der Waals surface area (Å²) in [6.45, 7) is 3.83. The number of amides is 1. The van der Waals surface area contributed by atoms with Crippen LogP contribution in [0.25, 0.3) is 0 Å². The van der Waals surface area contributed by atoms with Crippen molar-refractivity contribution in [2.75, 3.05) is 25.0 Å². The van der Waals surface area contributed by atoms with E-state index in [1.54, 1.807) is 13.1 Å². The average Bonchev–Trinajstić information content (AvgIpc) is 3.27. The van der Waals surface area contributed by atoms with Gasteiger partial charge in [-0.25, -0.2) is 9.97 Å². The van der Waals surface area contributed by atoms with E-state index in [9.17, 15) is 4.79 Å². The van der Waals surface area contributed by atoms with E-state index in [4.69, 9.17) is 9.15 Å². The molecule has 4 rings (SSSR count). The third kappa shape index (κ3) is 3.44. The van der Waals surface area contributed by atoms with Gasteiger partial charge in [-0.05, 0) is 44.7 Å². The molecule has 0 unspecified atom stereocenters. The minimum absolute atomic E-state index is 0.0887. The smallest absolute Gasteiger partial charge is 0.291 e. The predicted octanol–water partition coefficient (Wildman–Crippen LogP) is 2.64. The number of carbonyl (C=O) groups is 1. The molecule has 0 aliphatic carbocycles. The fourth-order valence-corrected chi connectivity index (χ4v) is 3.92. The molecule has 1 spiro atoms. The summed E-state index contributed by atoms with van der Waals surface area (Å²) in [6, 6.07) is 5.82. The number of ether oxygens (including phenoxy) is 1. The Labute approximate surface area is 152 Å². The Morgan fingerprint density at radius 1 is 1.38 bits per heavy atom. The summed E-state index contributed by atoms with van der Waals surface area (Å²) in [5, 5.41) is 3.34. The van der Waals surface area contributed by atoms with Crippen LogP contribution in [0.2, 0.25) is 0 Å². The summed E-state index contributed by atoms with van der Waals surface area (Å²) in [7, 11) is 0. The van der Waals surface area contributed by atoms with E-state index in [0.717, 1.165) is 38.0 Å². The minimum Gasteiger partial charge on any atom is -0.438 e. The Hall–Kier alpha value is -2.41. The Balaban J connectivity index is 1.36. The third-order valence-electron chi connectivity index (χ3n) is 5.29. The van der Waals surface area contributed by atoms with E-state index in [1.807, 2.05) is 23.1 Å². The fourth-order valence-electron chi connectivity index (χ4n) is 3.92. The zero-order valence-electron chi connectivity index (χ0n) is 15.0. The molecular formula is C19H24N4O3. The van der Waals surface area contributed by atoms with Crippen molar-refractivity contribution in [1.82, 2.24) is 14.9 Å². The molecular weight excluding hydrogens is 332 g/mol. The number of aromatic nitrogens is 2. The summed E-state index contributed by atoms with van der Waals surface area (Å²) < 4.78 is 11.7. The van der Waals surface area contributed by atoms with Crippen LogP contribution in [0.3, 0.4) is 0 Å². The highest BCUT2D eigenvalue weighted by Crippen LogP contribution is 2.37. The number of hydrogen-bond donors (Lipinski definition) is 1. The molecule has 2 saturated heterocycles.